The van der Waals surface area contributed by atoms with Crippen LogP contribution in [0.15, 0.2) is 0 Å². The van der Waals surface area contributed by atoms with E-state index in [4.69, 9.17) is 5.73 Å². The Kier molecular flexibility index (Phi) is 1.15. The van der Waals surface area contributed by atoms with Crippen molar-refractivity contribution in [3.8, 4) is 0 Å². The van der Waals surface area contributed by atoms with Gasteiger partial charge in [0.05, 0.1) is 11.0 Å². The molecule has 0 spiro atoms. The molecule has 0 aromatic carbocycles. The fraction of sp³-hybridized carbons (Fsp3) is 1.00. The minimum Gasteiger partial charge on any atom is -0.330 e. The molecule has 3 nitrogen and oxygen atoms in total. The monoisotopic (exact) mass is 161 g/mol. The number of nitrogens with two attached hydrogens (primary N) is 1. The van der Waals surface area contributed by atoms with Gasteiger partial charge in [0.25, 0.3) is 0 Å². The number of rotatable bonds is 1. The largest absolute Gasteiger partial charge is 0.330 e. The van der Waals surface area contributed by atoms with Crippen LogP contribution >= 0.6 is 0 Å². The molecule has 0 aromatic rings. The van der Waals surface area contributed by atoms with Crippen LogP contribution in [0.4, 0.5) is 0 Å². The molecular weight excluding hydrogens is 150 g/mol. The van der Waals surface area contributed by atoms with E-state index in [9.17, 15) is 8.42 Å². The van der Waals surface area contributed by atoms with Crippen LogP contribution in [-0.4, -0.2) is 26.0 Å². The molecule has 3 atom stereocenters. The average Bonchev–Trinajstić information content (AvgIpc) is 2.50. The molecule has 2 aliphatic rings. The van der Waals surface area contributed by atoms with Crippen LogP contribution in [0.2, 0.25) is 0 Å². The standard InChI is InChI=1S/C6H11NO2S/c7-3-5-4-1-2-10(8,9)6(4)5/h4-6H,1-3,7H2/t4-,5?,6-/m1/s1. The molecule has 58 valence electrons. The molecule has 1 unspecified atom stereocenters. The van der Waals surface area contributed by atoms with Crippen molar-refractivity contribution >= 4 is 9.84 Å². The lowest BCUT2D eigenvalue weighted by molar-refractivity contribution is 0.590. The van der Waals surface area contributed by atoms with Crippen LogP contribution in [0.25, 0.3) is 0 Å². The van der Waals surface area contributed by atoms with E-state index in [1.54, 1.807) is 0 Å². The second-order valence-electron chi connectivity index (χ2n) is 3.18. The van der Waals surface area contributed by atoms with Crippen molar-refractivity contribution in [2.45, 2.75) is 11.7 Å². The van der Waals surface area contributed by atoms with Gasteiger partial charge in [-0.15, -0.1) is 0 Å². The Morgan fingerprint density at radius 3 is 2.50 bits per heavy atom. The maximum Gasteiger partial charge on any atom is 0.153 e. The van der Waals surface area contributed by atoms with Gasteiger partial charge < -0.3 is 5.73 Å². The lowest BCUT2D eigenvalue weighted by atomic mass is 10.2. The number of fused-ring (bicyclic) bond motifs is 1. The highest BCUT2D eigenvalue weighted by molar-refractivity contribution is 7.92. The van der Waals surface area contributed by atoms with Crippen molar-refractivity contribution < 1.29 is 8.42 Å². The number of sulfone groups is 1. The summed E-state index contributed by atoms with van der Waals surface area (Å²) in [5.74, 6) is 1.13. The highest BCUT2D eigenvalue weighted by Crippen LogP contribution is 2.51. The molecule has 0 radical (unpaired) electrons. The van der Waals surface area contributed by atoms with Gasteiger partial charge >= 0.3 is 0 Å². The zero-order chi connectivity index (χ0) is 7.35. The van der Waals surface area contributed by atoms with Gasteiger partial charge in [-0.3, -0.25) is 0 Å². The number of hydrogen-bond acceptors (Lipinski definition) is 3. The van der Waals surface area contributed by atoms with E-state index in [1.165, 1.54) is 0 Å². The van der Waals surface area contributed by atoms with Crippen LogP contribution in [0, 0.1) is 11.8 Å². The Morgan fingerprint density at radius 2 is 2.20 bits per heavy atom. The van der Waals surface area contributed by atoms with Crippen LogP contribution in [-0.2, 0) is 9.84 Å². The fourth-order valence-corrected chi connectivity index (χ4v) is 4.56. The molecule has 1 aliphatic heterocycles. The summed E-state index contributed by atoms with van der Waals surface area (Å²) in [5.41, 5.74) is 5.38. The third-order valence-corrected chi connectivity index (χ3v) is 5.01. The molecule has 0 amide bonds. The van der Waals surface area contributed by atoms with Crippen molar-refractivity contribution in [3.05, 3.63) is 0 Å². The Labute approximate surface area is 60.5 Å². The Balaban J connectivity index is 2.22. The molecule has 2 N–H and O–H groups in total. The molecule has 0 bridgehead atoms. The Hall–Kier alpha value is -0.0900. The smallest absolute Gasteiger partial charge is 0.153 e. The van der Waals surface area contributed by atoms with Gasteiger partial charge in [-0.1, -0.05) is 0 Å². The lowest BCUT2D eigenvalue weighted by Crippen LogP contribution is -2.15. The van der Waals surface area contributed by atoms with Crippen LogP contribution in [0.5, 0.6) is 0 Å². The molecule has 1 aliphatic carbocycles. The van der Waals surface area contributed by atoms with Gasteiger partial charge in [-0.2, -0.15) is 0 Å². The first kappa shape index (κ1) is 6.61. The highest BCUT2D eigenvalue weighted by Gasteiger charge is 2.60. The van der Waals surface area contributed by atoms with Crippen molar-refractivity contribution in [2.24, 2.45) is 17.6 Å². The van der Waals surface area contributed by atoms with E-state index in [0.717, 1.165) is 6.42 Å². The van der Waals surface area contributed by atoms with Crippen molar-refractivity contribution in [1.29, 1.82) is 0 Å². The summed E-state index contributed by atoms with van der Waals surface area (Å²) < 4.78 is 22.2. The van der Waals surface area contributed by atoms with E-state index in [-0.39, 0.29) is 5.25 Å². The van der Waals surface area contributed by atoms with Gasteiger partial charge in [0, 0.05) is 0 Å². The quantitative estimate of drug-likeness (QED) is 0.557. The van der Waals surface area contributed by atoms with Crippen molar-refractivity contribution in [2.75, 3.05) is 12.3 Å². The topological polar surface area (TPSA) is 60.2 Å². The molecule has 4 heteroatoms. The molecule has 10 heavy (non-hydrogen) atoms. The van der Waals surface area contributed by atoms with Crippen LogP contribution < -0.4 is 5.73 Å². The normalized spacial score (nSPS) is 48.7. The van der Waals surface area contributed by atoms with Crippen molar-refractivity contribution in [1.82, 2.24) is 0 Å². The maximum atomic E-state index is 11.1. The summed E-state index contributed by atoms with van der Waals surface area (Å²) in [7, 11) is -2.69. The first-order chi connectivity index (χ1) is 4.67. The fourth-order valence-electron chi connectivity index (χ4n) is 2.07. The molecule has 2 rings (SSSR count). The van der Waals surface area contributed by atoms with Gasteiger partial charge in [0.15, 0.2) is 9.84 Å². The maximum absolute atomic E-state index is 11.1. The third kappa shape index (κ3) is 0.661. The Bertz CT molecular complexity index is 242. The highest BCUT2D eigenvalue weighted by atomic mass is 32.2. The van der Waals surface area contributed by atoms with Gasteiger partial charge in [-0.05, 0) is 24.8 Å². The Morgan fingerprint density at radius 1 is 1.50 bits per heavy atom. The zero-order valence-electron chi connectivity index (χ0n) is 5.66. The predicted molar refractivity (Wildman–Crippen MR) is 38.2 cm³/mol. The summed E-state index contributed by atoms with van der Waals surface area (Å²) in [6.45, 7) is 0.550. The van der Waals surface area contributed by atoms with E-state index in [0.29, 0.717) is 24.1 Å². The molecule has 1 saturated heterocycles. The average molecular weight is 161 g/mol. The second-order valence-corrected chi connectivity index (χ2v) is 5.46. The van der Waals surface area contributed by atoms with E-state index in [1.807, 2.05) is 0 Å². The molecule has 1 heterocycles. The van der Waals surface area contributed by atoms with E-state index < -0.39 is 9.84 Å². The summed E-state index contributed by atoms with van der Waals surface area (Å²) >= 11 is 0. The second kappa shape index (κ2) is 1.74. The summed E-state index contributed by atoms with van der Waals surface area (Å²) in [6, 6.07) is 0. The summed E-state index contributed by atoms with van der Waals surface area (Å²) in [4.78, 5) is 0. The van der Waals surface area contributed by atoms with E-state index >= 15 is 0 Å². The number of hydrogen-bond donors (Lipinski definition) is 1. The van der Waals surface area contributed by atoms with Crippen LogP contribution in [0.1, 0.15) is 6.42 Å². The zero-order valence-corrected chi connectivity index (χ0v) is 6.47. The molecule has 2 fully saturated rings. The van der Waals surface area contributed by atoms with E-state index in [2.05, 4.69) is 0 Å². The van der Waals surface area contributed by atoms with Gasteiger partial charge in [0.2, 0.25) is 0 Å². The molecular formula is C6H11NO2S. The van der Waals surface area contributed by atoms with Crippen LogP contribution in [0.3, 0.4) is 0 Å². The first-order valence-corrected chi connectivity index (χ1v) is 5.30. The minimum absolute atomic E-state index is 0.0440. The first-order valence-electron chi connectivity index (χ1n) is 3.58. The van der Waals surface area contributed by atoms with Gasteiger partial charge in [-0.25, -0.2) is 8.42 Å². The minimum atomic E-state index is -2.69. The predicted octanol–water partition coefficient (Wildman–Crippen LogP) is -0.622. The molecule has 1 saturated carbocycles. The summed E-state index contributed by atoms with van der Waals surface area (Å²) in [5, 5.41) is -0.0440. The lowest BCUT2D eigenvalue weighted by Gasteiger charge is -1.97. The van der Waals surface area contributed by atoms with Crippen molar-refractivity contribution in [3.63, 3.8) is 0 Å². The summed E-state index contributed by atoms with van der Waals surface area (Å²) in [6.07, 6.45) is 0.856. The van der Waals surface area contributed by atoms with Gasteiger partial charge in [0.1, 0.15) is 0 Å². The SMILES string of the molecule is NCC1[C@H]2CCS(=O)(=O)[C@@H]12. The molecule has 0 aromatic heterocycles. The third-order valence-electron chi connectivity index (χ3n) is 2.68.